The van der Waals surface area contributed by atoms with Gasteiger partial charge in [0.05, 0.1) is 4.08 Å². The van der Waals surface area contributed by atoms with E-state index in [4.69, 9.17) is 13.3 Å². The highest BCUT2D eigenvalue weighted by molar-refractivity contribution is 8.03. The Morgan fingerprint density at radius 2 is 1.31 bits per heavy atom. The van der Waals surface area contributed by atoms with Crippen molar-refractivity contribution < 1.29 is 13.3 Å². The van der Waals surface area contributed by atoms with Crippen LogP contribution in [0.4, 0.5) is 0 Å². The fourth-order valence-corrected chi connectivity index (χ4v) is 2.82. The Balaban J connectivity index is 0.000000315. The summed E-state index contributed by atoms with van der Waals surface area (Å²) < 4.78 is 15.6. The first-order chi connectivity index (χ1) is 7.47. The van der Waals surface area contributed by atoms with Crippen LogP contribution >= 0.6 is 37.9 Å². The van der Waals surface area contributed by atoms with Crippen molar-refractivity contribution in [3.8, 4) is 0 Å². The topological polar surface area (TPSA) is 27.7 Å². The van der Waals surface area contributed by atoms with E-state index in [1.807, 2.05) is 20.8 Å². The van der Waals surface area contributed by atoms with Crippen LogP contribution in [0.2, 0.25) is 0 Å². The van der Waals surface area contributed by atoms with Crippen molar-refractivity contribution >= 4 is 47.4 Å². The summed E-state index contributed by atoms with van der Waals surface area (Å²) in [4.78, 5) is 0. The van der Waals surface area contributed by atoms with E-state index in [-0.39, 0.29) is 4.08 Å². The monoisotopic (exact) mass is 302 g/mol. The lowest BCUT2D eigenvalue weighted by molar-refractivity contribution is 0.107. The van der Waals surface area contributed by atoms with Crippen molar-refractivity contribution in [3.05, 3.63) is 0 Å². The van der Waals surface area contributed by atoms with Gasteiger partial charge in [0.2, 0.25) is 0 Å². The predicted molar refractivity (Wildman–Crippen MR) is 80.1 cm³/mol. The maximum atomic E-state index is 5.22. The summed E-state index contributed by atoms with van der Waals surface area (Å²) in [5, 5.41) is 0.421. The summed E-state index contributed by atoms with van der Waals surface area (Å²) >= 11 is 12.3. The molecule has 0 aromatic heterocycles. The molecule has 98 valence electrons. The van der Waals surface area contributed by atoms with Crippen LogP contribution in [0.3, 0.4) is 0 Å². The smallest absolute Gasteiger partial charge is 0.376 e. The average Bonchev–Trinajstić information content (AvgIpc) is 2.73. The average molecular weight is 303 g/mol. The highest BCUT2D eigenvalue weighted by Crippen LogP contribution is 2.49. The Labute approximate surface area is 117 Å². The third-order valence-electron chi connectivity index (χ3n) is 1.78. The van der Waals surface area contributed by atoms with E-state index in [1.165, 1.54) is 0 Å². The predicted octanol–water partition coefficient (Wildman–Crippen LogP) is 2.06. The van der Waals surface area contributed by atoms with Crippen molar-refractivity contribution in [1.29, 1.82) is 0 Å². The van der Waals surface area contributed by atoms with Crippen LogP contribution in [-0.2, 0) is 13.3 Å². The first-order valence-corrected chi connectivity index (χ1v) is 8.28. The Hall–Kier alpha value is 1.15. The van der Waals surface area contributed by atoms with Gasteiger partial charge in [-0.3, -0.25) is 0 Å². The summed E-state index contributed by atoms with van der Waals surface area (Å²) in [6, 6.07) is 0. The van der Waals surface area contributed by atoms with E-state index >= 15 is 0 Å². The van der Waals surface area contributed by atoms with Crippen molar-refractivity contribution in [3.63, 3.8) is 0 Å². The lowest BCUT2D eigenvalue weighted by Crippen LogP contribution is -2.27. The van der Waals surface area contributed by atoms with Gasteiger partial charge in [-0.05, 0) is 27.2 Å². The Kier molecular flexibility index (Phi) is 9.78. The SMILES string of the molecule is CCO[SiH](OCC)OCC.SC1CC1(S)S. The van der Waals surface area contributed by atoms with Crippen molar-refractivity contribution in [2.75, 3.05) is 19.8 Å². The minimum atomic E-state index is -1.73. The number of hydrogen-bond donors (Lipinski definition) is 3. The maximum Gasteiger partial charge on any atom is 0.484 e. The molecule has 0 saturated heterocycles. The molecule has 0 radical (unpaired) electrons. The van der Waals surface area contributed by atoms with Gasteiger partial charge in [0.25, 0.3) is 0 Å². The largest absolute Gasteiger partial charge is 0.484 e. The molecule has 0 aromatic carbocycles. The fraction of sp³-hybridized carbons (Fsp3) is 1.00. The highest BCUT2D eigenvalue weighted by Gasteiger charge is 2.45. The van der Waals surface area contributed by atoms with E-state index in [9.17, 15) is 0 Å². The van der Waals surface area contributed by atoms with Gasteiger partial charge in [-0.2, -0.15) is 37.9 Å². The minimum absolute atomic E-state index is 0.0386. The molecule has 0 aliphatic heterocycles. The zero-order chi connectivity index (χ0) is 12.6. The van der Waals surface area contributed by atoms with Crippen LogP contribution in [0.5, 0.6) is 0 Å². The molecule has 0 spiro atoms. The normalized spacial score (nSPS) is 21.6. The van der Waals surface area contributed by atoms with E-state index in [0.29, 0.717) is 25.1 Å². The molecule has 7 heteroatoms. The standard InChI is InChI=1S/C6H16O3Si.C3H6S3/c1-4-7-10(8-5-2)9-6-3;4-2-1-3(2,5)6/h10H,4-6H2,1-3H3;2,4-6H,1H2. The van der Waals surface area contributed by atoms with Gasteiger partial charge in [-0.1, -0.05) is 0 Å². The number of rotatable bonds is 6. The molecule has 0 N–H and O–H groups in total. The molecule has 1 aliphatic rings. The second kappa shape index (κ2) is 9.13. The molecule has 1 saturated carbocycles. The van der Waals surface area contributed by atoms with Crippen LogP contribution in [-0.4, -0.2) is 38.7 Å². The van der Waals surface area contributed by atoms with Gasteiger partial charge in [0.1, 0.15) is 0 Å². The van der Waals surface area contributed by atoms with Crippen LogP contribution < -0.4 is 0 Å². The number of thiol groups is 3. The molecule has 0 aromatic rings. The number of hydrogen-bond acceptors (Lipinski definition) is 6. The summed E-state index contributed by atoms with van der Waals surface area (Å²) in [6.45, 7) is 7.86. The van der Waals surface area contributed by atoms with Crippen molar-refractivity contribution in [1.82, 2.24) is 0 Å². The molecule has 3 nitrogen and oxygen atoms in total. The van der Waals surface area contributed by atoms with Crippen LogP contribution in [0.1, 0.15) is 27.2 Å². The molecule has 0 amide bonds. The first-order valence-electron chi connectivity index (χ1n) is 5.45. The van der Waals surface area contributed by atoms with Crippen molar-refractivity contribution in [2.45, 2.75) is 36.5 Å². The van der Waals surface area contributed by atoms with Crippen LogP contribution in [0.15, 0.2) is 0 Å². The third-order valence-corrected chi connectivity index (χ3v) is 5.61. The van der Waals surface area contributed by atoms with Gasteiger partial charge in [0, 0.05) is 25.1 Å². The van der Waals surface area contributed by atoms with Gasteiger partial charge in [-0.25, -0.2) is 0 Å². The Morgan fingerprint density at radius 1 is 1.06 bits per heavy atom. The van der Waals surface area contributed by atoms with Gasteiger partial charge in [-0.15, -0.1) is 0 Å². The summed E-state index contributed by atoms with van der Waals surface area (Å²) in [5.74, 6) is 0. The molecular weight excluding hydrogens is 280 g/mol. The molecule has 0 heterocycles. The summed E-state index contributed by atoms with van der Waals surface area (Å²) in [6.07, 6.45) is 1.03. The Morgan fingerprint density at radius 3 is 1.44 bits per heavy atom. The lowest BCUT2D eigenvalue weighted by Gasteiger charge is -2.12. The van der Waals surface area contributed by atoms with E-state index in [0.717, 1.165) is 6.42 Å². The molecule has 1 rings (SSSR count). The fourth-order valence-electron chi connectivity index (χ4n) is 0.778. The summed E-state index contributed by atoms with van der Waals surface area (Å²) in [7, 11) is -1.73. The van der Waals surface area contributed by atoms with Gasteiger partial charge >= 0.3 is 9.53 Å². The van der Waals surface area contributed by atoms with Crippen LogP contribution in [0.25, 0.3) is 0 Å². The van der Waals surface area contributed by atoms with E-state index < -0.39 is 9.53 Å². The molecule has 1 unspecified atom stereocenters. The molecule has 16 heavy (non-hydrogen) atoms. The third kappa shape index (κ3) is 8.27. The zero-order valence-electron chi connectivity index (χ0n) is 10.0. The van der Waals surface area contributed by atoms with E-state index in [2.05, 4.69) is 37.9 Å². The second-order valence-electron chi connectivity index (χ2n) is 3.25. The molecule has 0 bridgehead atoms. The van der Waals surface area contributed by atoms with Crippen molar-refractivity contribution in [2.24, 2.45) is 0 Å². The van der Waals surface area contributed by atoms with Gasteiger partial charge in [0.15, 0.2) is 0 Å². The lowest BCUT2D eigenvalue weighted by atomic mass is 10.9. The molecule has 1 atom stereocenters. The Bertz CT molecular complexity index is 169. The molecule has 1 fully saturated rings. The summed E-state index contributed by atoms with van der Waals surface area (Å²) in [5.41, 5.74) is 0. The zero-order valence-corrected chi connectivity index (χ0v) is 13.9. The molecular formula is C9H22O3S3Si. The molecule has 1 aliphatic carbocycles. The van der Waals surface area contributed by atoms with Gasteiger partial charge < -0.3 is 13.3 Å². The maximum absolute atomic E-state index is 5.22. The van der Waals surface area contributed by atoms with E-state index in [1.54, 1.807) is 0 Å². The second-order valence-corrected chi connectivity index (χ2v) is 7.40. The highest BCUT2D eigenvalue weighted by atomic mass is 32.2. The minimum Gasteiger partial charge on any atom is -0.376 e. The first kappa shape index (κ1) is 17.1. The quantitative estimate of drug-likeness (QED) is 0.398. The van der Waals surface area contributed by atoms with Crippen LogP contribution in [0, 0.1) is 0 Å².